The van der Waals surface area contributed by atoms with E-state index in [2.05, 4.69) is 4.98 Å². The number of carbonyl (C=O) groups excluding carboxylic acids is 1. The van der Waals surface area contributed by atoms with Crippen LogP contribution in [-0.2, 0) is 0 Å². The largest absolute Gasteiger partial charge is 0.354 e. The Labute approximate surface area is 98.0 Å². The molecular weight excluding hydrogens is 210 g/mol. The van der Waals surface area contributed by atoms with Crippen molar-refractivity contribution in [2.45, 2.75) is 0 Å². The highest BCUT2D eigenvalue weighted by Gasteiger charge is 2.26. The molecule has 1 N–H and O–H groups in total. The number of rotatable bonds is 0. The Hall–Kier alpha value is -2.35. The number of allylic oxidation sites excluding steroid dienone is 6. The number of fused-ring (bicyclic) bond motifs is 5. The first-order valence-electron chi connectivity index (χ1n) is 5.60. The predicted molar refractivity (Wildman–Crippen MR) is 67.8 cm³/mol. The maximum atomic E-state index is 12.1. The summed E-state index contributed by atoms with van der Waals surface area (Å²) in [4.78, 5) is 15.5. The van der Waals surface area contributed by atoms with Crippen LogP contribution in [-0.4, -0.2) is 10.8 Å². The van der Waals surface area contributed by atoms with Gasteiger partial charge in [0.2, 0.25) is 0 Å². The summed E-state index contributed by atoms with van der Waals surface area (Å²) >= 11 is 0. The first-order valence-corrected chi connectivity index (χ1v) is 5.60. The summed E-state index contributed by atoms with van der Waals surface area (Å²) in [6.07, 6.45) is 7.72. The zero-order valence-electron chi connectivity index (χ0n) is 9.03. The van der Waals surface area contributed by atoms with Crippen LogP contribution in [0.15, 0.2) is 54.1 Å². The number of H-pyrrole nitrogens is 1. The molecule has 80 valence electrons. The molecule has 0 spiro atoms. The molecule has 0 amide bonds. The number of ketones is 1. The van der Waals surface area contributed by atoms with E-state index in [0.717, 1.165) is 33.3 Å². The molecule has 2 nitrogen and oxygen atoms in total. The van der Waals surface area contributed by atoms with E-state index in [4.69, 9.17) is 0 Å². The summed E-state index contributed by atoms with van der Waals surface area (Å²) in [5.41, 5.74) is 4.91. The summed E-state index contributed by atoms with van der Waals surface area (Å²) in [6.45, 7) is 0. The molecule has 0 bridgehead atoms. The molecule has 0 saturated heterocycles. The van der Waals surface area contributed by atoms with Gasteiger partial charge in [0.15, 0.2) is 5.78 Å². The maximum absolute atomic E-state index is 12.1. The lowest BCUT2D eigenvalue weighted by molar-refractivity contribution is 0.104. The lowest BCUT2D eigenvalue weighted by Crippen LogP contribution is -2.05. The molecule has 0 unspecified atom stereocenters. The highest BCUT2D eigenvalue weighted by molar-refractivity contribution is 6.21. The molecule has 2 aromatic rings. The highest BCUT2D eigenvalue weighted by Crippen LogP contribution is 2.38. The number of aromatic nitrogens is 1. The van der Waals surface area contributed by atoms with Crippen LogP contribution in [0, 0.1) is 0 Å². The molecule has 1 heterocycles. The number of hydrogen-bond acceptors (Lipinski definition) is 1. The summed E-state index contributed by atoms with van der Waals surface area (Å²) in [7, 11) is 0. The monoisotopic (exact) mass is 219 g/mol. The van der Waals surface area contributed by atoms with Gasteiger partial charge in [0.1, 0.15) is 0 Å². The lowest BCUT2D eigenvalue weighted by atomic mass is 9.92. The van der Waals surface area contributed by atoms with Crippen LogP contribution in [0.2, 0.25) is 0 Å². The topological polar surface area (TPSA) is 32.9 Å². The van der Waals surface area contributed by atoms with Gasteiger partial charge in [0.25, 0.3) is 0 Å². The van der Waals surface area contributed by atoms with Crippen LogP contribution in [0.1, 0.15) is 16.1 Å². The summed E-state index contributed by atoms with van der Waals surface area (Å²) in [6, 6.07) is 7.93. The number of benzene rings is 1. The van der Waals surface area contributed by atoms with Gasteiger partial charge >= 0.3 is 0 Å². The van der Waals surface area contributed by atoms with Gasteiger partial charge in [-0.25, -0.2) is 0 Å². The van der Waals surface area contributed by atoms with E-state index >= 15 is 0 Å². The van der Waals surface area contributed by atoms with Crippen molar-refractivity contribution in [3.63, 3.8) is 0 Å². The van der Waals surface area contributed by atoms with Gasteiger partial charge in [-0.15, -0.1) is 0 Å². The molecule has 17 heavy (non-hydrogen) atoms. The SMILES string of the molecule is O=C1C=C2C=CC=C2c2[nH]c3ccccc3c21. The number of nitrogens with one attached hydrogen (secondary N) is 1. The smallest absolute Gasteiger partial charge is 0.189 e. The Bertz CT molecular complexity index is 756. The van der Waals surface area contributed by atoms with Crippen molar-refractivity contribution in [2.75, 3.05) is 0 Å². The second-order valence-electron chi connectivity index (χ2n) is 4.32. The minimum atomic E-state index is 0.0937. The van der Waals surface area contributed by atoms with Crippen molar-refractivity contribution in [3.8, 4) is 0 Å². The number of carbonyl (C=O) groups is 1. The molecule has 0 radical (unpaired) electrons. The summed E-state index contributed by atoms with van der Waals surface area (Å²) in [5.74, 6) is 0.0937. The van der Waals surface area contributed by atoms with Crippen molar-refractivity contribution >= 4 is 22.3 Å². The number of para-hydroxylation sites is 1. The Balaban J connectivity index is 2.15. The third kappa shape index (κ3) is 1.02. The van der Waals surface area contributed by atoms with E-state index in [1.807, 2.05) is 42.5 Å². The van der Waals surface area contributed by atoms with Crippen LogP contribution in [0.25, 0.3) is 16.5 Å². The average Bonchev–Trinajstić information content (AvgIpc) is 2.91. The van der Waals surface area contributed by atoms with Gasteiger partial charge in [-0.05, 0) is 17.7 Å². The maximum Gasteiger partial charge on any atom is 0.189 e. The van der Waals surface area contributed by atoms with Crippen LogP contribution in [0.4, 0.5) is 0 Å². The van der Waals surface area contributed by atoms with Gasteiger partial charge in [-0.3, -0.25) is 4.79 Å². The first kappa shape index (κ1) is 8.76. The second kappa shape index (κ2) is 2.86. The summed E-state index contributed by atoms with van der Waals surface area (Å²) in [5, 5.41) is 1.01. The fraction of sp³-hybridized carbons (Fsp3) is 0. The van der Waals surface area contributed by atoms with Crippen molar-refractivity contribution in [2.24, 2.45) is 0 Å². The molecular formula is C15H9NO. The van der Waals surface area contributed by atoms with Gasteiger partial charge < -0.3 is 4.98 Å². The van der Waals surface area contributed by atoms with Crippen LogP contribution in [0.3, 0.4) is 0 Å². The third-order valence-corrected chi connectivity index (χ3v) is 3.36. The zero-order chi connectivity index (χ0) is 11.4. The standard InChI is InChI=1S/C15H9NO/c17-13-8-9-4-3-6-10(9)15-14(13)11-5-1-2-7-12(11)16-15/h1-8,16H. The first-order chi connectivity index (χ1) is 8.34. The quantitative estimate of drug-likeness (QED) is 0.724. The molecule has 0 saturated carbocycles. The fourth-order valence-corrected chi connectivity index (χ4v) is 2.60. The van der Waals surface area contributed by atoms with E-state index in [9.17, 15) is 4.79 Å². The molecule has 1 aromatic heterocycles. The molecule has 2 aliphatic rings. The van der Waals surface area contributed by atoms with E-state index < -0.39 is 0 Å². The van der Waals surface area contributed by atoms with E-state index in [1.165, 1.54) is 0 Å². The van der Waals surface area contributed by atoms with Gasteiger partial charge in [0.05, 0.1) is 11.3 Å². The molecule has 4 rings (SSSR count). The van der Waals surface area contributed by atoms with E-state index in [0.29, 0.717) is 0 Å². The van der Waals surface area contributed by atoms with Crippen LogP contribution < -0.4 is 0 Å². The lowest BCUT2D eigenvalue weighted by Gasteiger charge is -2.11. The molecule has 0 atom stereocenters. The number of aromatic amines is 1. The third-order valence-electron chi connectivity index (χ3n) is 3.36. The van der Waals surface area contributed by atoms with Crippen molar-refractivity contribution in [1.29, 1.82) is 0 Å². The van der Waals surface area contributed by atoms with Gasteiger partial charge in [0, 0.05) is 16.5 Å². The zero-order valence-corrected chi connectivity index (χ0v) is 9.03. The highest BCUT2D eigenvalue weighted by atomic mass is 16.1. The Morgan fingerprint density at radius 1 is 1.12 bits per heavy atom. The molecule has 0 fully saturated rings. The minimum absolute atomic E-state index is 0.0937. The molecule has 1 aromatic carbocycles. The predicted octanol–water partition coefficient (Wildman–Crippen LogP) is 3.24. The Kier molecular flexibility index (Phi) is 1.47. The van der Waals surface area contributed by atoms with Crippen molar-refractivity contribution < 1.29 is 4.79 Å². The van der Waals surface area contributed by atoms with Crippen molar-refractivity contribution in [1.82, 2.24) is 4.98 Å². The molecule has 2 heteroatoms. The van der Waals surface area contributed by atoms with Crippen molar-refractivity contribution in [3.05, 3.63) is 65.4 Å². The average molecular weight is 219 g/mol. The fourth-order valence-electron chi connectivity index (χ4n) is 2.60. The van der Waals surface area contributed by atoms with Crippen LogP contribution >= 0.6 is 0 Å². The Morgan fingerprint density at radius 3 is 2.94 bits per heavy atom. The second-order valence-corrected chi connectivity index (χ2v) is 4.32. The van der Waals surface area contributed by atoms with E-state index in [1.54, 1.807) is 6.08 Å². The van der Waals surface area contributed by atoms with E-state index in [-0.39, 0.29) is 5.78 Å². The minimum Gasteiger partial charge on any atom is -0.354 e. The normalized spacial score (nSPS) is 16.8. The molecule has 2 aliphatic carbocycles. The number of hydrogen-bond donors (Lipinski definition) is 1. The summed E-state index contributed by atoms with van der Waals surface area (Å²) < 4.78 is 0. The Morgan fingerprint density at radius 2 is 2.00 bits per heavy atom. The van der Waals surface area contributed by atoms with Gasteiger partial charge in [-0.2, -0.15) is 0 Å². The van der Waals surface area contributed by atoms with Crippen LogP contribution in [0.5, 0.6) is 0 Å². The van der Waals surface area contributed by atoms with Gasteiger partial charge in [-0.1, -0.05) is 36.4 Å². The molecule has 0 aliphatic heterocycles.